The zero-order valence-electron chi connectivity index (χ0n) is 12.3. The van der Waals surface area contributed by atoms with Crippen LogP contribution in [0.4, 0.5) is 0 Å². The average molecular weight is 354 g/mol. The van der Waals surface area contributed by atoms with E-state index in [0.29, 0.717) is 5.56 Å². The predicted octanol–water partition coefficient (Wildman–Crippen LogP) is 3.22. The summed E-state index contributed by atoms with van der Waals surface area (Å²) in [5.41, 5.74) is 1.65. The Balaban J connectivity index is 1.91. The summed E-state index contributed by atoms with van der Waals surface area (Å²) in [6.45, 7) is 1.92. The van der Waals surface area contributed by atoms with Crippen LogP contribution in [0, 0.1) is 12.8 Å². The quantitative estimate of drug-likeness (QED) is 0.848. The first kappa shape index (κ1) is 16.0. The van der Waals surface area contributed by atoms with Crippen LogP contribution in [0.25, 0.3) is 0 Å². The van der Waals surface area contributed by atoms with Crippen LogP contribution in [0.5, 0.6) is 0 Å². The minimum Gasteiger partial charge on any atom is -0.469 e. The molecule has 0 radical (unpaired) electrons. The fourth-order valence-electron chi connectivity index (χ4n) is 2.79. The Morgan fingerprint density at radius 1 is 1.24 bits per heavy atom. The molecule has 1 aliphatic rings. The first-order valence-corrected chi connectivity index (χ1v) is 7.95. The van der Waals surface area contributed by atoms with Gasteiger partial charge in [-0.3, -0.25) is 9.59 Å². The largest absolute Gasteiger partial charge is 0.469 e. The van der Waals surface area contributed by atoms with Gasteiger partial charge < -0.3 is 10.1 Å². The van der Waals surface area contributed by atoms with Crippen molar-refractivity contribution in [1.29, 1.82) is 0 Å². The van der Waals surface area contributed by atoms with Crippen molar-refractivity contribution < 1.29 is 14.3 Å². The Bertz CT molecular complexity index is 536. The molecule has 4 nitrogen and oxygen atoms in total. The van der Waals surface area contributed by atoms with Crippen LogP contribution in [0.3, 0.4) is 0 Å². The first-order chi connectivity index (χ1) is 10.0. The molecule has 114 valence electrons. The summed E-state index contributed by atoms with van der Waals surface area (Å²) >= 11 is 3.40. The Labute approximate surface area is 133 Å². The van der Waals surface area contributed by atoms with E-state index >= 15 is 0 Å². The molecule has 1 fully saturated rings. The van der Waals surface area contributed by atoms with Crippen molar-refractivity contribution in [2.75, 3.05) is 7.11 Å². The number of benzene rings is 1. The highest BCUT2D eigenvalue weighted by molar-refractivity contribution is 9.10. The first-order valence-electron chi connectivity index (χ1n) is 7.16. The van der Waals surface area contributed by atoms with Crippen LogP contribution < -0.4 is 5.32 Å². The molecule has 0 aliphatic heterocycles. The number of halogens is 1. The molecule has 2 rings (SSSR count). The molecule has 0 spiro atoms. The molecule has 0 saturated heterocycles. The number of hydrogen-bond donors (Lipinski definition) is 1. The molecule has 0 bridgehead atoms. The van der Waals surface area contributed by atoms with E-state index in [4.69, 9.17) is 4.74 Å². The number of carbonyl (C=O) groups is 2. The molecule has 1 aromatic rings. The summed E-state index contributed by atoms with van der Waals surface area (Å²) in [6.07, 6.45) is 3.19. The third-order valence-electron chi connectivity index (χ3n) is 4.03. The van der Waals surface area contributed by atoms with E-state index in [1.165, 1.54) is 7.11 Å². The molecule has 1 aromatic carbocycles. The number of aryl methyl sites for hydroxylation is 1. The minimum absolute atomic E-state index is 0.0161. The molecule has 1 saturated carbocycles. The Hall–Kier alpha value is -1.36. The van der Waals surface area contributed by atoms with Gasteiger partial charge in [-0.2, -0.15) is 0 Å². The van der Waals surface area contributed by atoms with Gasteiger partial charge >= 0.3 is 5.97 Å². The Morgan fingerprint density at radius 3 is 2.48 bits per heavy atom. The van der Waals surface area contributed by atoms with Gasteiger partial charge in [-0.05, 0) is 56.4 Å². The molecule has 5 heteroatoms. The van der Waals surface area contributed by atoms with E-state index < -0.39 is 0 Å². The molecule has 0 unspecified atom stereocenters. The second-order valence-electron chi connectivity index (χ2n) is 5.50. The molecule has 0 aromatic heterocycles. The lowest BCUT2D eigenvalue weighted by atomic mass is 9.86. The molecule has 1 N–H and O–H groups in total. The van der Waals surface area contributed by atoms with E-state index in [1.807, 2.05) is 25.1 Å². The Morgan fingerprint density at radius 2 is 1.90 bits per heavy atom. The van der Waals surface area contributed by atoms with Crippen molar-refractivity contribution >= 4 is 27.8 Å². The maximum atomic E-state index is 12.3. The molecular weight excluding hydrogens is 334 g/mol. The number of hydrogen-bond acceptors (Lipinski definition) is 3. The maximum absolute atomic E-state index is 12.3. The number of ether oxygens (including phenoxy) is 1. The lowest BCUT2D eigenvalue weighted by Crippen LogP contribution is -2.39. The van der Waals surface area contributed by atoms with Crippen LogP contribution in [-0.2, 0) is 9.53 Å². The summed E-state index contributed by atoms with van der Waals surface area (Å²) in [7, 11) is 1.42. The van der Waals surface area contributed by atoms with Gasteiger partial charge in [0, 0.05) is 16.1 Å². The Kier molecular flexibility index (Phi) is 5.39. The van der Waals surface area contributed by atoms with Gasteiger partial charge in [-0.1, -0.05) is 15.9 Å². The van der Waals surface area contributed by atoms with Crippen molar-refractivity contribution in [2.45, 2.75) is 38.6 Å². The monoisotopic (exact) mass is 353 g/mol. The smallest absolute Gasteiger partial charge is 0.308 e. The number of amides is 1. The third-order valence-corrected chi connectivity index (χ3v) is 4.52. The highest BCUT2D eigenvalue weighted by Gasteiger charge is 2.27. The van der Waals surface area contributed by atoms with Crippen LogP contribution in [0.1, 0.15) is 41.6 Å². The number of rotatable bonds is 3. The minimum atomic E-state index is -0.136. The highest BCUT2D eigenvalue weighted by Crippen LogP contribution is 2.25. The molecule has 0 atom stereocenters. The molecule has 0 heterocycles. The third kappa shape index (κ3) is 4.06. The fourth-order valence-corrected chi connectivity index (χ4v) is 3.26. The van der Waals surface area contributed by atoms with Crippen molar-refractivity contribution in [1.82, 2.24) is 5.32 Å². The van der Waals surface area contributed by atoms with Gasteiger partial charge in [-0.25, -0.2) is 0 Å². The molecule has 1 amide bonds. The van der Waals surface area contributed by atoms with Crippen molar-refractivity contribution in [3.05, 3.63) is 33.8 Å². The summed E-state index contributed by atoms with van der Waals surface area (Å²) < 4.78 is 5.74. The van der Waals surface area contributed by atoms with Crippen LogP contribution in [0.2, 0.25) is 0 Å². The van der Waals surface area contributed by atoms with Crippen molar-refractivity contribution in [2.24, 2.45) is 5.92 Å². The van der Waals surface area contributed by atoms with Crippen LogP contribution in [0.15, 0.2) is 22.7 Å². The predicted molar refractivity (Wildman–Crippen MR) is 84.1 cm³/mol. The van der Waals surface area contributed by atoms with Gasteiger partial charge in [0.15, 0.2) is 0 Å². The molecule has 1 aliphatic carbocycles. The summed E-state index contributed by atoms with van der Waals surface area (Å²) in [5.74, 6) is -0.192. The summed E-state index contributed by atoms with van der Waals surface area (Å²) in [6, 6.07) is 5.77. The molecule has 21 heavy (non-hydrogen) atoms. The van der Waals surface area contributed by atoms with E-state index in [9.17, 15) is 9.59 Å². The lowest BCUT2D eigenvalue weighted by Gasteiger charge is -2.27. The van der Waals surface area contributed by atoms with Crippen LogP contribution >= 0.6 is 15.9 Å². The van der Waals surface area contributed by atoms with E-state index in [2.05, 4.69) is 21.2 Å². The topological polar surface area (TPSA) is 55.4 Å². The van der Waals surface area contributed by atoms with E-state index in [0.717, 1.165) is 35.7 Å². The van der Waals surface area contributed by atoms with Gasteiger partial charge in [0.05, 0.1) is 13.0 Å². The number of esters is 1. The van der Waals surface area contributed by atoms with Gasteiger partial charge in [0.2, 0.25) is 0 Å². The highest BCUT2D eigenvalue weighted by atomic mass is 79.9. The average Bonchev–Trinajstić information content (AvgIpc) is 2.47. The molecular formula is C16H20BrNO3. The normalized spacial score (nSPS) is 21.7. The van der Waals surface area contributed by atoms with Crippen LogP contribution in [-0.4, -0.2) is 25.0 Å². The zero-order chi connectivity index (χ0) is 15.4. The van der Waals surface area contributed by atoms with Crippen molar-refractivity contribution in [3.63, 3.8) is 0 Å². The SMILES string of the molecule is COC(=O)C1CCC(NC(=O)c2ccc(Br)cc2C)CC1. The van der Waals surface area contributed by atoms with Gasteiger partial charge in [0.25, 0.3) is 5.91 Å². The standard InChI is InChI=1S/C16H20BrNO3/c1-10-9-12(17)5-8-14(10)15(19)18-13-6-3-11(4-7-13)16(20)21-2/h5,8-9,11,13H,3-4,6-7H2,1-2H3,(H,18,19). The maximum Gasteiger partial charge on any atom is 0.308 e. The second kappa shape index (κ2) is 7.07. The lowest BCUT2D eigenvalue weighted by molar-refractivity contribution is -0.146. The van der Waals surface area contributed by atoms with E-state index in [-0.39, 0.29) is 23.8 Å². The second-order valence-corrected chi connectivity index (χ2v) is 6.42. The van der Waals surface area contributed by atoms with Gasteiger partial charge in [0.1, 0.15) is 0 Å². The zero-order valence-corrected chi connectivity index (χ0v) is 13.9. The van der Waals surface area contributed by atoms with Crippen molar-refractivity contribution in [3.8, 4) is 0 Å². The number of carbonyl (C=O) groups excluding carboxylic acids is 2. The van der Waals surface area contributed by atoms with E-state index in [1.54, 1.807) is 0 Å². The van der Waals surface area contributed by atoms with Gasteiger partial charge in [-0.15, -0.1) is 0 Å². The summed E-state index contributed by atoms with van der Waals surface area (Å²) in [4.78, 5) is 23.8. The number of nitrogens with one attached hydrogen (secondary N) is 1. The summed E-state index contributed by atoms with van der Waals surface area (Å²) in [5, 5.41) is 3.07. The fraction of sp³-hybridized carbons (Fsp3) is 0.500. The number of methoxy groups -OCH3 is 1.